The predicted octanol–water partition coefficient (Wildman–Crippen LogP) is 5.30. The molecule has 0 spiro atoms. The lowest BCUT2D eigenvalue weighted by Gasteiger charge is -2.28. The number of rotatable bonds is 11. The zero-order valence-electron chi connectivity index (χ0n) is 24.9. The SMILES string of the molecule is C[C@@H](/C=C/CC(=O)N(CCO)Cc1ccccc1)[C@]1(O)C(=O)N(Cc2ccc(N3CCCCC3=O)cc2)c2ccc(Br)cc21. The average Bonchev–Trinajstić information content (AvgIpc) is 3.24. The lowest BCUT2D eigenvalue weighted by Crippen LogP contribution is -2.44. The summed E-state index contributed by atoms with van der Waals surface area (Å²) < 4.78 is 0.742. The Morgan fingerprint density at radius 3 is 2.50 bits per heavy atom. The highest BCUT2D eigenvalue weighted by atomic mass is 79.9. The minimum atomic E-state index is -1.83. The van der Waals surface area contributed by atoms with Gasteiger partial charge in [-0.2, -0.15) is 0 Å². The molecule has 44 heavy (non-hydrogen) atoms. The van der Waals surface area contributed by atoms with Crippen LogP contribution in [0, 0.1) is 5.92 Å². The lowest BCUT2D eigenvalue weighted by atomic mass is 9.83. The summed E-state index contributed by atoms with van der Waals surface area (Å²) in [6.07, 6.45) is 5.94. The molecule has 1 fully saturated rings. The fourth-order valence-corrected chi connectivity index (χ4v) is 6.34. The summed E-state index contributed by atoms with van der Waals surface area (Å²) in [5, 5.41) is 21.5. The van der Waals surface area contributed by atoms with Gasteiger partial charge in [0.1, 0.15) is 0 Å². The van der Waals surface area contributed by atoms with E-state index in [1.54, 1.807) is 34.9 Å². The summed E-state index contributed by atoms with van der Waals surface area (Å²) in [6.45, 7) is 3.19. The molecule has 9 heteroatoms. The van der Waals surface area contributed by atoms with Crippen LogP contribution in [0.1, 0.15) is 49.3 Å². The van der Waals surface area contributed by atoms with E-state index in [9.17, 15) is 24.6 Å². The summed E-state index contributed by atoms with van der Waals surface area (Å²) >= 11 is 3.49. The molecule has 8 nitrogen and oxygen atoms in total. The quantitative estimate of drug-likeness (QED) is 0.272. The number of aliphatic hydroxyl groups excluding tert-OH is 1. The van der Waals surface area contributed by atoms with Crippen molar-refractivity contribution in [1.29, 1.82) is 0 Å². The molecular weight excluding hydrogens is 622 g/mol. The highest BCUT2D eigenvalue weighted by Crippen LogP contribution is 2.46. The predicted molar refractivity (Wildman–Crippen MR) is 174 cm³/mol. The average molecular weight is 661 g/mol. The van der Waals surface area contributed by atoms with Gasteiger partial charge in [0.15, 0.2) is 5.60 Å². The number of halogens is 1. The van der Waals surface area contributed by atoms with E-state index < -0.39 is 17.4 Å². The fraction of sp³-hybridized carbons (Fsp3) is 0.343. The number of amides is 3. The Labute approximate surface area is 266 Å². The molecule has 3 aromatic carbocycles. The smallest absolute Gasteiger partial charge is 0.264 e. The summed E-state index contributed by atoms with van der Waals surface area (Å²) in [5.41, 5.74) is 2.00. The standard InChI is InChI=1S/C35H38BrN3O5/c1-25(8-7-12-32(41)37(20-21-40)23-26-9-3-2-4-10-26)35(44)30-22-28(36)15-18-31(30)39(34(35)43)24-27-13-16-29(17-14-27)38-19-6-5-11-33(38)42/h2-4,7-10,13-18,22,25,40,44H,5-6,11-12,19-21,23-24H2,1H3/b8-7+/t25-,35+/m0/s1. The Morgan fingerprint density at radius 1 is 1.05 bits per heavy atom. The Balaban J connectivity index is 1.31. The number of anilines is 2. The number of hydrogen-bond acceptors (Lipinski definition) is 5. The minimum Gasteiger partial charge on any atom is -0.395 e. The molecule has 2 N–H and O–H groups in total. The van der Waals surface area contributed by atoms with E-state index in [4.69, 9.17) is 0 Å². The van der Waals surface area contributed by atoms with Crippen molar-refractivity contribution in [3.05, 3.63) is 106 Å². The summed E-state index contributed by atoms with van der Waals surface area (Å²) in [6, 6.07) is 22.7. The summed E-state index contributed by atoms with van der Waals surface area (Å²) in [4.78, 5) is 44.3. The van der Waals surface area contributed by atoms with Crippen LogP contribution >= 0.6 is 15.9 Å². The minimum absolute atomic E-state index is 0.0718. The molecule has 2 atom stereocenters. The monoisotopic (exact) mass is 659 g/mol. The first-order valence-corrected chi connectivity index (χ1v) is 15.8. The molecule has 2 aliphatic heterocycles. The Kier molecular flexibility index (Phi) is 9.98. The van der Waals surface area contributed by atoms with Gasteiger partial charge in [-0.25, -0.2) is 0 Å². The Hall–Kier alpha value is -3.79. The lowest BCUT2D eigenvalue weighted by molar-refractivity contribution is -0.139. The third-order valence-electron chi connectivity index (χ3n) is 8.46. The van der Waals surface area contributed by atoms with Crippen molar-refractivity contribution in [2.24, 2.45) is 5.92 Å². The van der Waals surface area contributed by atoms with Gasteiger partial charge in [0.2, 0.25) is 11.8 Å². The molecule has 0 unspecified atom stereocenters. The van der Waals surface area contributed by atoms with Crippen LogP contribution in [0.25, 0.3) is 0 Å². The second-order valence-corrected chi connectivity index (χ2v) is 12.3. The maximum atomic E-state index is 14.0. The van der Waals surface area contributed by atoms with Crippen molar-refractivity contribution in [3.8, 4) is 0 Å². The summed E-state index contributed by atoms with van der Waals surface area (Å²) in [7, 11) is 0. The van der Waals surface area contributed by atoms with Gasteiger partial charge in [0.25, 0.3) is 5.91 Å². The van der Waals surface area contributed by atoms with Gasteiger partial charge in [-0.05, 0) is 54.3 Å². The van der Waals surface area contributed by atoms with E-state index >= 15 is 0 Å². The molecular formula is C35H38BrN3O5. The van der Waals surface area contributed by atoms with Crippen LogP contribution in [-0.4, -0.2) is 52.5 Å². The first-order valence-electron chi connectivity index (χ1n) is 15.0. The molecule has 0 aliphatic carbocycles. The molecule has 5 rings (SSSR count). The van der Waals surface area contributed by atoms with Crippen molar-refractivity contribution >= 4 is 45.0 Å². The van der Waals surface area contributed by atoms with Gasteiger partial charge in [0.05, 0.1) is 18.8 Å². The van der Waals surface area contributed by atoms with Crippen LogP contribution in [0.15, 0.2) is 89.4 Å². The first-order chi connectivity index (χ1) is 21.2. The molecule has 0 saturated carbocycles. The van der Waals surface area contributed by atoms with Crippen LogP contribution < -0.4 is 9.80 Å². The normalized spacial score (nSPS) is 19.0. The van der Waals surface area contributed by atoms with Crippen LogP contribution in [-0.2, 0) is 33.1 Å². The zero-order chi connectivity index (χ0) is 31.3. The number of carbonyl (C=O) groups is 3. The van der Waals surface area contributed by atoms with E-state index in [0.29, 0.717) is 30.8 Å². The number of fused-ring (bicyclic) bond motifs is 1. The highest BCUT2D eigenvalue weighted by Gasteiger charge is 2.52. The zero-order valence-corrected chi connectivity index (χ0v) is 26.4. The number of hydrogen-bond donors (Lipinski definition) is 2. The van der Waals surface area contributed by atoms with Gasteiger partial charge >= 0.3 is 0 Å². The Morgan fingerprint density at radius 2 is 1.80 bits per heavy atom. The van der Waals surface area contributed by atoms with E-state index in [1.165, 1.54) is 0 Å². The third-order valence-corrected chi connectivity index (χ3v) is 8.95. The second-order valence-electron chi connectivity index (χ2n) is 11.4. The van der Waals surface area contributed by atoms with Crippen molar-refractivity contribution in [3.63, 3.8) is 0 Å². The van der Waals surface area contributed by atoms with Crippen LogP contribution in [0.4, 0.5) is 11.4 Å². The van der Waals surface area contributed by atoms with Crippen molar-refractivity contribution in [2.75, 3.05) is 29.5 Å². The summed E-state index contributed by atoms with van der Waals surface area (Å²) in [5.74, 6) is -1.09. The fourth-order valence-electron chi connectivity index (χ4n) is 5.98. The molecule has 3 aromatic rings. The van der Waals surface area contributed by atoms with Crippen LogP contribution in [0.3, 0.4) is 0 Å². The molecule has 0 aromatic heterocycles. The van der Waals surface area contributed by atoms with E-state index in [2.05, 4.69) is 15.9 Å². The van der Waals surface area contributed by atoms with E-state index in [-0.39, 0.29) is 37.9 Å². The van der Waals surface area contributed by atoms with Crippen molar-refractivity contribution in [1.82, 2.24) is 4.90 Å². The molecule has 0 radical (unpaired) electrons. The van der Waals surface area contributed by atoms with Crippen molar-refractivity contribution in [2.45, 2.75) is 51.3 Å². The van der Waals surface area contributed by atoms with E-state index in [0.717, 1.165) is 34.1 Å². The molecule has 2 heterocycles. The van der Waals surface area contributed by atoms with Gasteiger partial charge in [-0.1, -0.05) is 77.5 Å². The van der Waals surface area contributed by atoms with Crippen LogP contribution in [0.5, 0.6) is 0 Å². The molecule has 2 aliphatic rings. The van der Waals surface area contributed by atoms with Gasteiger partial charge in [-0.3, -0.25) is 14.4 Å². The van der Waals surface area contributed by atoms with Gasteiger partial charge < -0.3 is 24.9 Å². The maximum Gasteiger partial charge on any atom is 0.264 e. The largest absolute Gasteiger partial charge is 0.395 e. The first kappa shape index (κ1) is 31.6. The number of aliphatic hydroxyl groups is 2. The number of nitrogens with zero attached hydrogens (tertiary/aromatic N) is 3. The highest BCUT2D eigenvalue weighted by molar-refractivity contribution is 9.10. The number of carbonyl (C=O) groups excluding carboxylic acids is 3. The number of benzene rings is 3. The maximum absolute atomic E-state index is 14.0. The molecule has 230 valence electrons. The van der Waals surface area contributed by atoms with Crippen LogP contribution in [0.2, 0.25) is 0 Å². The molecule has 1 saturated heterocycles. The van der Waals surface area contributed by atoms with Gasteiger partial charge in [-0.15, -0.1) is 0 Å². The second kappa shape index (κ2) is 13.9. The third kappa shape index (κ3) is 6.65. The molecule has 0 bridgehead atoms. The number of piperidine rings is 1. The topological polar surface area (TPSA) is 101 Å². The van der Waals surface area contributed by atoms with E-state index in [1.807, 2.05) is 71.6 Å². The Bertz CT molecular complexity index is 1530. The van der Waals surface area contributed by atoms with Gasteiger partial charge in [0, 0.05) is 54.1 Å². The van der Waals surface area contributed by atoms with Crippen molar-refractivity contribution < 1.29 is 24.6 Å². The molecule has 3 amide bonds.